The Bertz CT molecular complexity index is 872. The van der Waals surface area contributed by atoms with E-state index in [1.54, 1.807) is 7.05 Å². The molecule has 0 radical (unpaired) electrons. The summed E-state index contributed by atoms with van der Waals surface area (Å²) in [7, 11) is 2.95. The Morgan fingerprint density at radius 2 is 1.88 bits per heavy atom. The van der Waals surface area contributed by atoms with Gasteiger partial charge in [0.15, 0.2) is 17.9 Å². The van der Waals surface area contributed by atoms with Crippen LogP contribution in [0.25, 0.3) is 11.2 Å². The van der Waals surface area contributed by atoms with Gasteiger partial charge in [-0.2, -0.15) is 0 Å². The molecule has 0 aliphatic carbocycles. The van der Waals surface area contributed by atoms with Crippen LogP contribution >= 0.6 is 0 Å². The molecule has 0 atom stereocenters. The molecule has 3 heterocycles. The maximum absolute atomic E-state index is 12.3. The van der Waals surface area contributed by atoms with Gasteiger partial charge in [-0.25, -0.2) is 9.78 Å². The maximum Gasteiger partial charge on any atom is 0.332 e. The highest BCUT2D eigenvalue weighted by Crippen LogP contribution is 2.09. The molecule has 9 nitrogen and oxygen atoms in total. The molecule has 0 unspecified atom stereocenters. The van der Waals surface area contributed by atoms with E-state index in [4.69, 9.17) is 4.74 Å². The SMILES string of the molecule is Cn1c(=O)c2c(ncn2COC(=O)CN2CCCCC2)n(C)c1=O. The number of aromatic nitrogens is 4. The molecule has 0 bridgehead atoms. The molecule has 0 saturated carbocycles. The molecule has 0 spiro atoms. The second kappa shape index (κ2) is 6.60. The highest BCUT2D eigenvalue weighted by atomic mass is 16.5. The number of nitrogens with zero attached hydrogens (tertiary/aromatic N) is 5. The second-order valence-electron chi connectivity index (χ2n) is 6.07. The van der Waals surface area contributed by atoms with Crippen molar-refractivity contribution in [2.24, 2.45) is 14.1 Å². The Morgan fingerprint density at radius 1 is 1.17 bits per heavy atom. The number of rotatable bonds is 4. The minimum absolute atomic E-state index is 0.101. The standard InChI is InChI=1S/C15H21N5O4/c1-17-13-12(14(22)18(2)15(17)23)20(9-16-13)10-24-11(21)8-19-6-4-3-5-7-19/h9H,3-8,10H2,1-2H3. The number of carbonyl (C=O) groups is 1. The van der Waals surface area contributed by atoms with Crippen molar-refractivity contribution in [3.63, 3.8) is 0 Å². The number of piperidine rings is 1. The van der Waals surface area contributed by atoms with Gasteiger partial charge in [0, 0.05) is 14.1 Å². The summed E-state index contributed by atoms with van der Waals surface area (Å²) in [4.78, 5) is 42.3. The van der Waals surface area contributed by atoms with E-state index in [-0.39, 0.29) is 30.4 Å². The Kier molecular flexibility index (Phi) is 4.52. The molecular formula is C15H21N5O4. The Balaban J connectivity index is 1.75. The fraction of sp³-hybridized carbons (Fsp3) is 0.600. The van der Waals surface area contributed by atoms with Crippen LogP contribution in [0.4, 0.5) is 0 Å². The maximum atomic E-state index is 12.3. The lowest BCUT2D eigenvalue weighted by Gasteiger charge is -2.25. The lowest BCUT2D eigenvalue weighted by atomic mass is 10.1. The number of imidazole rings is 1. The summed E-state index contributed by atoms with van der Waals surface area (Å²) in [6.45, 7) is 1.97. The molecule has 1 aliphatic heterocycles. The van der Waals surface area contributed by atoms with Gasteiger partial charge in [0.1, 0.15) is 6.33 Å². The number of hydrogen-bond donors (Lipinski definition) is 0. The summed E-state index contributed by atoms with van der Waals surface area (Å²) < 4.78 is 9.02. The molecule has 1 aliphatic rings. The zero-order chi connectivity index (χ0) is 17.3. The van der Waals surface area contributed by atoms with Crippen LogP contribution in [-0.4, -0.2) is 49.2 Å². The van der Waals surface area contributed by atoms with E-state index in [0.717, 1.165) is 30.5 Å². The van der Waals surface area contributed by atoms with Crippen LogP contribution in [0.15, 0.2) is 15.9 Å². The predicted octanol–water partition coefficient (Wildman–Crippen LogP) is -0.580. The van der Waals surface area contributed by atoms with Gasteiger partial charge in [-0.3, -0.25) is 28.2 Å². The minimum atomic E-state index is -0.460. The minimum Gasteiger partial charge on any atom is -0.443 e. The van der Waals surface area contributed by atoms with Crippen molar-refractivity contribution in [3.8, 4) is 0 Å². The topological polar surface area (TPSA) is 91.4 Å². The number of esters is 1. The molecule has 24 heavy (non-hydrogen) atoms. The third kappa shape index (κ3) is 2.99. The molecule has 130 valence electrons. The number of hydrogen-bond acceptors (Lipinski definition) is 6. The van der Waals surface area contributed by atoms with Gasteiger partial charge in [0.05, 0.1) is 6.54 Å². The predicted molar refractivity (Wildman–Crippen MR) is 86.6 cm³/mol. The van der Waals surface area contributed by atoms with Crippen LogP contribution in [-0.2, 0) is 30.4 Å². The molecule has 1 saturated heterocycles. The molecule has 3 rings (SSSR count). The van der Waals surface area contributed by atoms with E-state index in [2.05, 4.69) is 9.88 Å². The molecule has 2 aromatic heterocycles. The summed E-state index contributed by atoms with van der Waals surface area (Å²) in [6.07, 6.45) is 4.81. The van der Waals surface area contributed by atoms with Crippen LogP contribution in [0.3, 0.4) is 0 Å². The van der Waals surface area contributed by atoms with Crippen molar-refractivity contribution >= 4 is 17.1 Å². The molecule has 0 N–H and O–H groups in total. The van der Waals surface area contributed by atoms with Crippen molar-refractivity contribution in [2.75, 3.05) is 19.6 Å². The van der Waals surface area contributed by atoms with Gasteiger partial charge in [0.25, 0.3) is 5.56 Å². The molecule has 1 fully saturated rings. The average Bonchev–Trinajstić information content (AvgIpc) is 3.01. The van der Waals surface area contributed by atoms with Crippen LogP contribution < -0.4 is 11.2 Å². The normalized spacial score (nSPS) is 15.8. The second-order valence-corrected chi connectivity index (χ2v) is 6.07. The van der Waals surface area contributed by atoms with Crippen LogP contribution in [0.1, 0.15) is 19.3 Å². The summed E-state index contributed by atoms with van der Waals surface area (Å²) in [5, 5.41) is 0. The third-order valence-corrected chi connectivity index (χ3v) is 4.38. The third-order valence-electron chi connectivity index (χ3n) is 4.38. The van der Waals surface area contributed by atoms with Crippen LogP contribution in [0, 0.1) is 0 Å². The first-order valence-corrected chi connectivity index (χ1v) is 7.98. The van der Waals surface area contributed by atoms with Crippen molar-refractivity contribution in [3.05, 3.63) is 27.2 Å². The molecule has 9 heteroatoms. The van der Waals surface area contributed by atoms with Gasteiger partial charge in [-0.15, -0.1) is 0 Å². The summed E-state index contributed by atoms with van der Waals surface area (Å²) in [5.41, 5.74) is -0.391. The largest absolute Gasteiger partial charge is 0.443 e. The summed E-state index contributed by atoms with van der Waals surface area (Å²) >= 11 is 0. The first-order valence-electron chi connectivity index (χ1n) is 7.98. The number of ether oxygens (including phenoxy) is 1. The zero-order valence-corrected chi connectivity index (χ0v) is 13.9. The Labute approximate surface area is 138 Å². The number of fused-ring (bicyclic) bond motifs is 1. The number of carbonyl (C=O) groups excluding carboxylic acids is 1. The van der Waals surface area contributed by atoms with Crippen molar-refractivity contribution in [2.45, 2.75) is 26.0 Å². The van der Waals surface area contributed by atoms with Gasteiger partial charge in [-0.1, -0.05) is 6.42 Å². The van der Waals surface area contributed by atoms with E-state index in [1.165, 1.54) is 28.9 Å². The van der Waals surface area contributed by atoms with Crippen molar-refractivity contribution in [1.82, 2.24) is 23.6 Å². The van der Waals surface area contributed by atoms with Gasteiger partial charge >= 0.3 is 11.7 Å². The fourth-order valence-corrected chi connectivity index (χ4v) is 2.98. The highest BCUT2D eigenvalue weighted by molar-refractivity contribution is 5.72. The lowest BCUT2D eigenvalue weighted by molar-refractivity contribution is -0.148. The Hall–Kier alpha value is -2.42. The van der Waals surface area contributed by atoms with Crippen molar-refractivity contribution < 1.29 is 9.53 Å². The van der Waals surface area contributed by atoms with Crippen molar-refractivity contribution in [1.29, 1.82) is 0 Å². The van der Waals surface area contributed by atoms with E-state index in [9.17, 15) is 14.4 Å². The highest BCUT2D eigenvalue weighted by Gasteiger charge is 2.17. The van der Waals surface area contributed by atoms with Crippen LogP contribution in [0.2, 0.25) is 0 Å². The number of likely N-dealkylation sites (tertiary alicyclic amines) is 1. The monoisotopic (exact) mass is 335 g/mol. The lowest BCUT2D eigenvalue weighted by Crippen LogP contribution is -2.38. The first kappa shape index (κ1) is 16.4. The van der Waals surface area contributed by atoms with Gasteiger partial charge in [-0.05, 0) is 25.9 Å². The zero-order valence-electron chi connectivity index (χ0n) is 13.9. The molecular weight excluding hydrogens is 314 g/mol. The van der Waals surface area contributed by atoms with Crippen LogP contribution in [0.5, 0.6) is 0 Å². The molecule has 0 aromatic carbocycles. The number of aryl methyl sites for hydroxylation is 1. The van der Waals surface area contributed by atoms with E-state index in [1.807, 2.05) is 0 Å². The van der Waals surface area contributed by atoms with Gasteiger partial charge in [0.2, 0.25) is 0 Å². The average molecular weight is 335 g/mol. The quantitative estimate of drug-likeness (QED) is 0.694. The molecule has 2 aromatic rings. The summed E-state index contributed by atoms with van der Waals surface area (Å²) in [6, 6.07) is 0. The van der Waals surface area contributed by atoms with Gasteiger partial charge < -0.3 is 4.74 Å². The fourth-order valence-electron chi connectivity index (χ4n) is 2.98. The summed E-state index contributed by atoms with van der Waals surface area (Å²) in [5.74, 6) is -0.333. The molecule has 0 amide bonds. The van der Waals surface area contributed by atoms with E-state index >= 15 is 0 Å². The Morgan fingerprint density at radius 3 is 2.58 bits per heavy atom. The van der Waals surface area contributed by atoms with E-state index < -0.39 is 11.2 Å². The van der Waals surface area contributed by atoms with E-state index in [0.29, 0.717) is 0 Å². The first-order chi connectivity index (χ1) is 11.5. The smallest absolute Gasteiger partial charge is 0.332 e.